The van der Waals surface area contributed by atoms with E-state index in [0.717, 1.165) is 5.56 Å². The fourth-order valence-corrected chi connectivity index (χ4v) is 3.90. The van der Waals surface area contributed by atoms with Gasteiger partial charge in [-0.1, -0.05) is 72.5 Å². The number of nitrogens with one attached hydrogen (secondary N) is 1. The number of carboxylic acids is 1. The molecule has 8 heteroatoms. The number of hydrogen-bond donors (Lipinski definition) is 1. The van der Waals surface area contributed by atoms with Gasteiger partial charge in [0, 0.05) is 24.2 Å². The summed E-state index contributed by atoms with van der Waals surface area (Å²) in [6.45, 7) is 0.107. The van der Waals surface area contributed by atoms with Gasteiger partial charge in [0.05, 0.1) is 10.9 Å². The Morgan fingerprint density at radius 3 is 2.50 bits per heavy atom. The number of nitrogens with zero attached hydrogens (tertiary/aromatic N) is 1. The molecular weight excluding hydrogens is 396 g/mol. The van der Waals surface area contributed by atoms with Crippen molar-refractivity contribution in [2.24, 2.45) is 0 Å². The van der Waals surface area contributed by atoms with Crippen molar-refractivity contribution in [3.05, 3.63) is 70.6 Å². The van der Waals surface area contributed by atoms with Crippen molar-refractivity contribution in [2.45, 2.75) is 6.42 Å². The molecule has 1 N–H and O–H groups in total. The molecule has 2 amide bonds. The summed E-state index contributed by atoms with van der Waals surface area (Å²) in [6.07, 6.45) is 1.74. The first-order valence-electron chi connectivity index (χ1n) is 8.36. The highest BCUT2D eigenvalue weighted by molar-refractivity contribution is 8.26. The Balaban J connectivity index is 1.62. The van der Waals surface area contributed by atoms with Crippen LogP contribution >= 0.6 is 24.0 Å². The molecule has 0 aromatic heterocycles. The second-order valence-corrected chi connectivity index (χ2v) is 7.55. The molecule has 0 saturated carbocycles. The summed E-state index contributed by atoms with van der Waals surface area (Å²) < 4.78 is 0.384. The first-order valence-corrected chi connectivity index (χ1v) is 9.59. The van der Waals surface area contributed by atoms with Crippen LogP contribution in [0.4, 0.5) is 5.69 Å². The van der Waals surface area contributed by atoms with E-state index in [1.807, 2.05) is 30.3 Å². The molecule has 1 aliphatic heterocycles. The zero-order valence-corrected chi connectivity index (χ0v) is 16.2. The number of anilines is 1. The first kappa shape index (κ1) is 19.8. The van der Waals surface area contributed by atoms with Crippen molar-refractivity contribution in [2.75, 3.05) is 11.9 Å². The van der Waals surface area contributed by atoms with E-state index in [1.165, 1.54) is 28.8 Å². The molecule has 1 aliphatic rings. The monoisotopic (exact) mass is 411 g/mol. The van der Waals surface area contributed by atoms with Crippen molar-refractivity contribution in [1.29, 1.82) is 0 Å². The topological polar surface area (TPSA) is 89.5 Å². The zero-order chi connectivity index (χ0) is 20.1. The lowest BCUT2D eigenvalue weighted by Crippen LogP contribution is -2.32. The average Bonchev–Trinajstić information content (AvgIpc) is 2.94. The van der Waals surface area contributed by atoms with Gasteiger partial charge in [-0.25, -0.2) is 0 Å². The maximum Gasteiger partial charge on any atom is 0.266 e. The molecule has 142 valence electrons. The van der Waals surface area contributed by atoms with E-state index in [0.29, 0.717) is 9.23 Å². The summed E-state index contributed by atoms with van der Waals surface area (Å²) in [4.78, 5) is 37.7. The summed E-state index contributed by atoms with van der Waals surface area (Å²) in [5.41, 5.74) is 0.939. The molecule has 1 heterocycles. The highest BCUT2D eigenvalue weighted by atomic mass is 32.2. The van der Waals surface area contributed by atoms with E-state index >= 15 is 0 Å². The summed E-state index contributed by atoms with van der Waals surface area (Å²) in [6, 6.07) is 15.4. The van der Waals surface area contributed by atoms with Crippen LogP contribution in [-0.4, -0.2) is 33.5 Å². The number of para-hydroxylation sites is 1. The summed E-state index contributed by atoms with van der Waals surface area (Å²) >= 11 is 6.45. The fourth-order valence-electron chi connectivity index (χ4n) is 2.59. The number of hydrogen-bond acceptors (Lipinski definition) is 6. The fraction of sp³-hybridized carbons (Fsp3) is 0.100. The maximum absolute atomic E-state index is 12.6. The number of amides is 2. The van der Waals surface area contributed by atoms with Gasteiger partial charge in [-0.2, -0.15) is 0 Å². The molecule has 6 nitrogen and oxygen atoms in total. The van der Waals surface area contributed by atoms with E-state index in [-0.39, 0.29) is 30.1 Å². The van der Waals surface area contributed by atoms with E-state index in [9.17, 15) is 19.5 Å². The van der Waals surface area contributed by atoms with E-state index in [4.69, 9.17) is 12.2 Å². The highest BCUT2D eigenvalue weighted by Gasteiger charge is 2.32. The molecule has 28 heavy (non-hydrogen) atoms. The number of carboxylic acid groups (broad SMARTS) is 1. The lowest BCUT2D eigenvalue weighted by molar-refractivity contribution is -0.254. The van der Waals surface area contributed by atoms with Crippen molar-refractivity contribution in [1.82, 2.24) is 4.90 Å². The number of thioether (sulfide) groups is 1. The Bertz CT molecular complexity index is 973. The molecule has 0 spiro atoms. The minimum absolute atomic E-state index is 0.0214. The highest BCUT2D eigenvalue weighted by Crippen LogP contribution is 2.32. The van der Waals surface area contributed by atoms with Gasteiger partial charge in [-0.05, 0) is 17.7 Å². The average molecular weight is 411 g/mol. The van der Waals surface area contributed by atoms with E-state index < -0.39 is 11.9 Å². The van der Waals surface area contributed by atoms with Crippen LogP contribution in [0.15, 0.2) is 59.5 Å². The number of thiocarbonyl (C=S) groups is 1. The Labute approximate surface area is 171 Å². The molecule has 1 saturated heterocycles. The number of benzene rings is 2. The van der Waals surface area contributed by atoms with Crippen LogP contribution < -0.4 is 10.4 Å². The lowest BCUT2D eigenvalue weighted by atomic mass is 10.1. The van der Waals surface area contributed by atoms with Crippen LogP contribution in [0.5, 0.6) is 0 Å². The van der Waals surface area contributed by atoms with Crippen molar-refractivity contribution in [3.8, 4) is 0 Å². The van der Waals surface area contributed by atoms with Crippen LogP contribution in [0.2, 0.25) is 0 Å². The van der Waals surface area contributed by atoms with Crippen LogP contribution in [-0.2, 0) is 9.59 Å². The molecule has 0 aliphatic carbocycles. The van der Waals surface area contributed by atoms with Gasteiger partial charge < -0.3 is 15.2 Å². The van der Waals surface area contributed by atoms with Crippen LogP contribution in [0, 0.1) is 0 Å². The van der Waals surface area contributed by atoms with Crippen LogP contribution in [0.25, 0.3) is 6.08 Å². The van der Waals surface area contributed by atoms with Gasteiger partial charge in [0.25, 0.3) is 5.91 Å². The quantitative estimate of drug-likeness (QED) is 0.579. The van der Waals surface area contributed by atoms with Gasteiger partial charge in [-0.3, -0.25) is 14.5 Å². The Morgan fingerprint density at radius 2 is 1.79 bits per heavy atom. The SMILES string of the molecule is O=C(CCN1C(=O)/C(=C/c2ccccc2)SC1=S)Nc1ccccc1C(=O)[O-]. The third kappa shape index (κ3) is 4.65. The molecule has 2 aromatic carbocycles. The molecule has 3 rings (SSSR count). The molecule has 2 aromatic rings. The van der Waals surface area contributed by atoms with E-state index in [2.05, 4.69) is 5.32 Å². The predicted molar refractivity (Wildman–Crippen MR) is 110 cm³/mol. The number of carbonyl (C=O) groups is 3. The molecule has 0 atom stereocenters. The minimum Gasteiger partial charge on any atom is -0.545 e. The third-order valence-electron chi connectivity index (χ3n) is 3.95. The third-order valence-corrected chi connectivity index (χ3v) is 5.33. The normalized spacial score (nSPS) is 15.1. The second kappa shape index (κ2) is 8.81. The molecule has 0 radical (unpaired) electrons. The zero-order valence-electron chi connectivity index (χ0n) is 14.6. The molecule has 0 unspecified atom stereocenters. The smallest absolute Gasteiger partial charge is 0.266 e. The second-order valence-electron chi connectivity index (χ2n) is 5.88. The number of aromatic carboxylic acids is 1. The Hall–Kier alpha value is -2.97. The summed E-state index contributed by atoms with van der Waals surface area (Å²) in [5.74, 6) is -2.05. The maximum atomic E-state index is 12.6. The van der Waals surface area contributed by atoms with Crippen molar-refractivity contribution in [3.63, 3.8) is 0 Å². The molecule has 1 fully saturated rings. The largest absolute Gasteiger partial charge is 0.545 e. The van der Waals surface area contributed by atoms with Crippen LogP contribution in [0.3, 0.4) is 0 Å². The van der Waals surface area contributed by atoms with Crippen LogP contribution in [0.1, 0.15) is 22.3 Å². The Morgan fingerprint density at radius 1 is 1.11 bits per heavy atom. The number of carbonyl (C=O) groups excluding carboxylic acids is 3. The standard InChI is InChI=1S/C20H16N2O4S2/c23-17(21-15-9-5-4-8-14(15)19(25)26)10-11-22-18(24)16(28-20(22)27)12-13-6-2-1-3-7-13/h1-9,12H,10-11H2,(H,21,23)(H,25,26)/p-1/b16-12-. The lowest BCUT2D eigenvalue weighted by Gasteiger charge is -2.15. The number of rotatable bonds is 6. The van der Waals surface area contributed by atoms with Gasteiger partial charge in [0.15, 0.2) is 0 Å². The van der Waals surface area contributed by atoms with Gasteiger partial charge in [-0.15, -0.1) is 0 Å². The van der Waals surface area contributed by atoms with Crippen molar-refractivity contribution < 1.29 is 19.5 Å². The van der Waals surface area contributed by atoms with Gasteiger partial charge in [0.2, 0.25) is 5.91 Å². The van der Waals surface area contributed by atoms with Gasteiger partial charge >= 0.3 is 0 Å². The van der Waals surface area contributed by atoms with E-state index in [1.54, 1.807) is 18.2 Å². The predicted octanol–water partition coefficient (Wildman–Crippen LogP) is 2.28. The summed E-state index contributed by atoms with van der Waals surface area (Å²) in [7, 11) is 0. The van der Waals surface area contributed by atoms with Crippen molar-refractivity contribution >= 4 is 57.8 Å². The molecule has 0 bridgehead atoms. The Kier molecular flexibility index (Phi) is 6.23. The van der Waals surface area contributed by atoms with Gasteiger partial charge in [0.1, 0.15) is 4.32 Å². The first-order chi connectivity index (χ1) is 13.5. The summed E-state index contributed by atoms with van der Waals surface area (Å²) in [5, 5.41) is 13.6. The minimum atomic E-state index is -1.38. The molecular formula is C20H15N2O4S2-.